The maximum absolute atomic E-state index is 12.3. The number of hydrogen-bond donors (Lipinski definition) is 2. The van der Waals surface area contributed by atoms with Crippen LogP contribution in [0.25, 0.3) is 11.4 Å². The van der Waals surface area contributed by atoms with Gasteiger partial charge in [0.15, 0.2) is 13.1 Å². The van der Waals surface area contributed by atoms with Gasteiger partial charge in [0, 0.05) is 11.3 Å². The number of carbonyl (C=O) groups excluding carboxylic acids is 1. The summed E-state index contributed by atoms with van der Waals surface area (Å²) in [5, 5.41) is 6.98. The molecule has 0 saturated carbocycles. The fourth-order valence-corrected chi connectivity index (χ4v) is 2.71. The largest absolute Gasteiger partial charge is 0.333 e. The number of hydrogen-bond acceptors (Lipinski definition) is 4. The normalized spacial score (nSPS) is 12.0. The van der Waals surface area contributed by atoms with Crippen LogP contribution in [0, 0.1) is 13.8 Å². The van der Waals surface area contributed by atoms with E-state index >= 15 is 0 Å². The van der Waals surface area contributed by atoms with Crippen molar-refractivity contribution in [3.63, 3.8) is 0 Å². The molecule has 2 N–H and O–H groups in total. The summed E-state index contributed by atoms with van der Waals surface area (Å²) in [6.07, 6.45) is 0. The summed E-state index contributed by atoms with van der Waals surface area (Å²) < 4.78 is 5.31. The minimum absolute atomic E-state index is 0.0426. The van der Waals surface area contributed by atoms with E-state index in [9.17, 15) is 4.79 Å². The number of carbonyl (C=O) groups is 1. The molecule has 0 spiro atoms. The second-order valence-corrected chi connectivity index (χ2v) is 6.48. The van der Waals surface area contributed by atoms with Gasteiger partial charge in [0.1, 0.15) is 0 Å². The standard InChI is InChI=1S/C20H22N4O2/c1-14-8-7-11-17(15(14)2)21-18(25)12-24(3)13-19-22-20(23-26-19)16-9-5-4-6-10-16/h4-11H,12-13H2,1-3H3,(H,21,25)/p+1. The first-order chi connectivity index (χ1) is 12.5. The van der Waals surface area contributed by atoms with Gasteiger partial charge in [-0.3, -0.25) is 4.79 Å². The molecular weight excluding hydrogens is 328 g/mol. The summed E-state index contributed by atoms with van der Waals surface area (Å²) in [7, 11) is 1.93. The minimum Gasteiger partial charge on any atom is -0.333 e. The lowest BCUT2D eigenvalue weighted by atomic mass is 10.1. The number of rotatable bonds is 6. The molecule has 0 aliphatic carbocycles. The van der Waals surface area contributed by atoms with E-state index in [-0.39, 0.29) is 5.91 Å². The third kappa shape index (κ3) is 4.34. The van der Waals surface area contributed by atoms with E-state index < -0.39 is 0 Å². The SMILES string of the molecule is Cc1cccc(NC(=O)C[NH+](C)Cc2nc(-c3ccccc3)no2)c1C. The number of aromatic nitrogens is 2. The Balaban J connectivity index is 1.57. The van der Waals surface area contributed by atoms with Crippen molar-refractivity contribution < 1.29 is 14.2 Å². The zero-order valence-electron chi connectivity index (χ0n) is 15.2. The quantitative estimate of drug-likeness (QED) is 0.713. The van der Waals surface area contributed by atoms with Crippen LogP contribution >= 0.6 is 0 Å². The Labute approximate surface area is 152 Å². The highest BCUT2D eigenvalue weighted by Gasteiger charge is 2.16. The molecule has 1 unspecified atom stereocenters. The summed E-state index contributed by atoms with van der Waals surface area (Å²) >= 11 is 0. The lowest BCUT2D eigenvalue weighted by molar-refractivity contribution is -0.886. The number of quaternary nitrogens is 1. The molecule has 6 nitrogen and oxygen atoms in total. The second kappa shape index (κ2) is 7.93. The van der Waals surface area contributed by atoms with Crippen molar-refractivity contribution in [2.24, 2.45) is 0 Å². The van der Waals surface area contributed by atoms with E-state index in [1.165, 1.54) is 0 Å². The molecule has 26 heavy (non-hydrogen) atoms. The van der Waals surface area contributed by atoms with Crippen molar-refractivity contribution in [1.29, 1.82) is 0 Å². The molecular formula is C20H23N4O2+. The highest BCUT2D eigenvalue weighted by molar-refractivity contribution is 5.92. The Hall–Kier alpha value is -2.99. The first-order valence-electron chi connectivity index (χ1n) is 8.58. The second-order valence-electron chi connectivity index (χ2n) is 6.48. The smallest absolute Gasteiger partial charge is 0.282 e. The fourth-order valence-electron chi connectivity index (χ4n) is 2.71. The van der Waals surface area contributed by atoms with Crippen molar-refractivity contribution in [3.05, 3.63) is 65.5 Å². The number of nitrogens with zero attached hydrogens (tertiary/aromatic N) is 2. The Morgan fingerprint density at radius 3 is 2.65 bits per heavy atom. The van der Waals surface area contributed by atoms with Gasteiger partial charge < -0.3 is 14.7 Å². The molecule has 0 bridgehead atoms. The van der Waals surface area contributed by atoms with Crippen LogP contribution in [0.1, 0.15) is 17.0 Å². The molecule has 0 saturated heterocycles. The van der Waals surface area contributed by atoms with Crippen LogP contribution in [0.15, 0.2) is 53.1 Å². The molecule has 1 aromatic heterocycles. The molecule has 3 rings (SSSR count). The van der Waals surface area contributed by atoms with E-state index in [1.807, 2.05) is 69.4 Å². The predicted molar refractivity (Wildman–Crippen MR) is 99.7 cm³/mol. The Morgan fingerprint density at radius 1 is 1.12 bits per heavy atom. The van der Waals surface area contributed by atoms with Crippen LogP contribution in [0.2, 0.25) is 0 Å². The number of likely N-dealkylation sites (N-methyl/N-ethyl adjacent to an activating group) is 1. The molecule has 0 radical (unpaired) electrons. The van der Waals surface area contributed by atoms with Crippen molar-refractivity contribution in [3.8, 4) is 11.4 Å². The third-order valence-electron chi connectivity index (χ3n) is 4.29. The van der Waals surface area contributed by atoms with Crippen LogP contribution in [-0.2, 0) is 11.3 Å². The Bertz CT molecular complexity index is 890. The van der Waals surface area contributed by atoms with Gasteiger partial charge in [0.25, 0.3) is 11.8 Å². The van der Waals surface area contributed by atoms with Crippen LogP contribution in [0.3, 0.4) is 0 Å². The Kier molecular flexibility index (Phi) is 5.43. The van der Waals surface area contributed by atoms with Crippen LogP contribution < -0.4 is 10.2 Å². The summed E-state index contributed by atoms with van der Waals surface area (Å²) in [6, 6.07) is 15.6. The first kappa shape index (κ1) is 17.8. The van der Waals surface area contributed by atoms with E-state index in [0.29, 0.717) is 24.8 Å². The van der Waals surface area contributed by atoms with Gasteiger partial charge in [-0.15, -0.1) is 0 Å². The van der Waals surface area contributed by atoms with E-state index in [4.69, 9.17) is 4.52 Å². The minimum atomic E-state index is -0.0426. The zero-order valence-corrected chi connectivity index (χ0v) is 15.2. The van der Waals surface area contributed by atoms with Crippen LogP contribution in [0.5, 0.6) is 0 Å². The van der Waals surface area contributed by atoms with Gasteiger partial charge in [0.05, 0.1) is 7.05 Å². The van der Waals surface area contributed by atoms with Gasteiger partial charge in [-0.05, 0) is 31.0 Å². The average molecular weight is 351 g/mol. The molecule has 6 heteroatoms. The molecule has 1 heterocycles. The van der Waals surface area contributed by atoms with Crippen molar-refractivity contribution >= 4 is 11.6 Å². The monoisotopic (exact) mass is 351 g/mol. The highest BCUT2D eigenvalue weighted by Crippen LogP contribution is 2.17. The van der Waals surface area contributed by atoms with E-state index in [1.54, 1.807) is 0 Å². The van der Waals surface area contributed by atoms with Crippen molar-refractivity contribution in [1.82, 2.24) is 10.1 Å². The fraction of sp³-hybridized carbons (Fsp3) is 0.250. The van der Waals surface area contributed by atoms with E-state index in [2.05, 4.69) is 15.5 Å². The third-order valence-corrected chi connectivity index (χ3v) is 4.29. The number of benzene rings is 2. The number of amides is 1. The molecule has 134 valence electrons. The van der Waals surface area contributed by atoms with E-state index in [0.717, 1.165) is 27.3 Å². The maximum atomic E-state index is 12.3. The summed E-state index contributed by atoms with van der Waals surface area (Å²) in [4.78, 5) is 17.7. The van der Waals surface area contributed by atoms with Gasteiger partial charge in [-0.2, -0.15) is 4.98 Å². The van der Waals surface area contributed by atoms with Gasteiger partial charge >= 0.3 is 0 Å². The molecule has 1 amide bonds. The maximum Gasteiger partial charge on any atom is 0.282 e. The molecule has 0 fully saturated rings. The molecule has 0 aliphatic heterocycles. The molecule has 3 aromatic rings. The lowest BCUT2D eigenvalue weighted by Crippen LogP contribution is -3.08. The van der Waals surface area contributed by atoms with Crippen LogP contribution in [-0.4, -0.2) is 29.6 Å². The topological polar surface area (TPSA) is 72.5 Å². The molecule has 2 aromatic carbocycles. The van der Waals surface area contributed by atoms with Gasteiger partial charge in [-0.1, -0.05) is 47.6 Å². The number of aryl methyl sites for hydroxylation is 1. The summed E-state index contributed by atoms with van der Waals surface area (Å²) in [6.45, 7) is 4.84. The lowest BCUT2D eigenvalue weighted by Gasteiger charge is -2.13. The average Bonchev–Trinajstić information content (AvgIpc) is 3.08. The summed E-state index contributed by atoms with van der Waals surface area (Å²) in [5.41, 5.74) is 4.01. The van der Waals surface area contributed by atoms with Gasteiger partial charge in [-0.25, -0.2) is 0 Å². The molecule has 0 aliphatic rings. The Morgan fingerprint density at radius 2 is 1.88 bits per heavy atom. The van der Waals surface area contributed by atoms with Crippen LogP contribution in [0.4, 0.5) is 5.69 Å². The number of nitrogens with one attached hydrogen (secondary N) is 2. The van der Waals surface area contributed by atoms with Crippen molar-refractivity contribution in [2.45, 2.75) is 20.4 Å². The summed E-state index contributed by atoms with van der Waals surface area (Å²) in [5.74, 6) is 1.04. The first-order valence-corrected chi connectivity index (χ1v) is 8.58. The highest BCUT2D eigenvalue weighted by atomic mass is 16.5. The van der Waals surface area contributed by atoms with Crippen molar-refractivity contribution in [2.75, 3.05) is 18.9 Å². The number of anilines is 1. The predicted octanol–water partition coefficient (Wildman–Crippen LogP) is 2.01. The van der Waals surface area contributed by atoms with Gasteiger partial charge in [0.2, 0.25) is 5.82 Å². The zero-order chi connectivity index (χ0) is 18.5. The molecule has 1 atom stereocenters.